The van der Waals surface area contributed by atoms with Crippen LogP contribution in [0.3, 0.4) is 0 Å². The monoisotopic (exact) mass is 378 g/mol. The van der Waals surface area contributed by atoms with Crippen molar-refractivity contribution >= 4 is 23.5 Å². The van der Waals surface area contributed by atoms with Crippen LogP contribution in [0, 0.1) is 5.82 Å². The van der Waals surface area contributed by atoms with E-state index in [9.17, 15) is 18.8 Å². The number of halogens is 1. The highest BCUT2D eigenvalue weighted by atomic mass is 19.1. The molecule has 0 N–H and O–H groups in total. The third-order valence-corrected chi connectivity index (χ3v) is 4.52. The molecule has 0 saturated heterocycles. The Hall–Kier alpha value is -3.81. The lowest BCUT2D eigenvalue weighted by Gasteiger charge is -2.25. The summed E-state index contributed by atoms with van der Waals surface area (Å²) in [6.07, 6.45) is 4.30. The summed E-state index contributed by atoms with van der Waals surface area (Å²) < 4.78 is 14.6. The van der Waals surface area contributed by atoms with Gasteiger partial charge < -0.3 is 0 Å². The van der Waals surface area contributed by atoms with E-state index in [0.717, 1.165) is 4.90 Å². The molecule has 8 heteroatoms. The summed E-state index contributed by atoms with van der Waals surface area (Å²) in [6.45, 7) is 0.0538. The van der Waals surface area contributed by atoms with E-state index < -0.39 is 23.7 Å². The van der Waals surface area contributed by atoms with Gasteiger partial charge in [-0.15, -0.1) is 0 Å². The summed E-state index contributed by atoms with van der Waals surface area (Å²) >= 11 is 0. The number of carbonyl (C=O) groups is 3. The average Bonchev–Trinajstić information content (AvgIpc) is 3.33. The fraction of sp³-hybridized carbons (Fsp3) is 0.100. The summed E-state index contributed by atoms with van der Waals surface area (Å²) in [5.41, 5.74) is 1.14. The molecule has 0 bridgehead atoms. The minimum absolute atomic E-state index is 0.00413. The Balaban J connectivity index is 1.58. The molecule has 0 unspecified atom stereocenters. The average molecular weight is 378 g/mol. The van der Waals surface area contributed by atoms with Crippen molar-refractivity contribution in [1.29, 1.82) is 0 Å². The molecule has 1 aliphatic rings. The Kier molecular flexibility index (Phi) is 4.44. The van der Waals surface area contributed by atoms with Gasteiger partial charge in [0.1, 0.15) is 12.1 Å². The zero-order valence-corrected chi connectivity index (χ0v) is 14.7. The van der Waals surface area contributed by atoms with Gasteiger partial charge >= 0.3 is 6.03 Å². The van der Waals surface area contributed by atoms with Gasteiger partial charge in [-0.25, -0.2) is 14.2 Å². The Morgan fingerprint density at radius 2 is 1.64 bits per heavy atom. The number of nitrogens with zero attached hydrogens (tertiary/aromatic N) is 4. The van der Waals surface area contributed by atoms with Crippen LogP contribution >= 0.6 is 0 Å². The van der Waals surface area contributed by atoms with Crippen LogP contribution < -0.4 is 4.90 Å². The van der Waals surface area contributed by atoms with Crippen molar-refractivity contribution in [2.24, 2.45) is 0 Å². The number of benzene rings is 2. The van der Waals surface area contributed by atoms with Crippen LogP contribution in [0.4, 0.5) is 14.9 Å². The van der Waals surface area contributed by atoms with E-state index in [1.54, 1.807) is 24.3 Å². The zero-order valence-electron chi connectivity index (χ0n) is 14.7. The quantitative estimate of drug-likeness (QED) is 0.654. The number of imide groups is 1. The topological polar surface area (TPSA) is 75.5 Å². The first-order chi connectivity index (χ1) is 13.6. The molecular weight excluding hydrogens is 363 g/mol. The lowest BCUT2D eigenvalue weighted by molar-refractivity contribution is 0.0658. The second kappa shape index (κ2) is 7.07. The molecule has 0 saturated carbocycles. The van der Waals surface area contributed by atoms with E-state index in [2.05, 4.69) is 4.98 Å². The number of hydrogen-bond donors (Lipinski definition) is 0. The highest BCUT2D eigenvalue weighted by molar-refractivity contribution is 6.21. The van der Waals surface area contributed by atoms with Gasteiger partial charge in [0.2, 0.25) is 0 Å². The number of carbonyl (C=O) groups excluding carboxylic acids is 3. The smallest absolute Gasteiger partial charge is 0.292 e. The van der Waals surface area contributed by atoms with Crippen LogP contribution in [0.25, 0.3) is 0 Å². The Labute approximate surface area is 159 Å². The maximum Gasteiger partial charge on any atom is 0.333 e. The third-order valence-electron chi connectivity index (χ3n) is 4.52. The molecule has 140 valence electrons. The molecule has 1 aromatic heterocycles. The molecule has 28 heavy (non-hydrogen) atoms. The van der Waals surface area contributed by atoms with Crippen molar-refractivity contribution in [2.45, 2.75) is 0 Å². The molecule has 4 rings (SSSR count). The molecule has 0 atom stereocenters. The minimum atomic E-state index is -0.431. The van der Waals surface area contributed by atoms with Gasteiger partial charge in [-0.1, -0.05) is 12.1 Å². The van der Waals surface area contributed by atoms with Crippen molar-refractivity contribution in [1.82, 2.24) is 14.5 Å². The van der Waals surface area contributed by atoms with E-state index >= 15 is 0 Å². The van der Waals surface area contributed by atoms with Crippen molar-refractivity contribution in [2.75, 3.05) is 18.0 Å². The van der Waals surface area contributed by atoms with E-state index in [1.807, 2.05) is 0 Å². The van der Waals surface area contributed by atoms with E-state index in [4.69, 9.17) is 0 Å². The predicted molar refractivity (Wildman–Crippen MR) is 98.6 cm³/mol. The largest absolute Gasteiger partial charge is 0.333 e. The summed E-state index contributed by atoms with van der Waals surface area (Å²) in [5.74, 6) is -1.22. The number of hydrogen-bond acceptors (Lipinski definition) is 4. The van der Waals surface area contributed by atoms with Crippen LogP contribution in [-0.4, -0.2) is 45.4 Å². The third kappa shape index (κ3) is 3.05. The lowest BCUT2D eigenvalue weighted by atomic mass is 10.1. The fourth-order valence-electron chi connectivity index (χ4n) is 3.11. The Morgan fingerprint density at radius 3 is 2.21 bits per heavy atom. The Bertz CT molecular complexity index is 1010. The molecule has 2 heterocycles. The van der Waals surface area contributed by atoms with Gasteiger partial charge in [0.05, 0.1) is 11.1 Å². The number of rotatable bonds is 4. The summed E-state index contributed by atoms with van der Waals surface area (Å²) in [5, 5.41) is 0. The lowest BCUT2D eigenvalue weighted by Crippen LogP contribution is -2.42. The zero-order chi connectivity index (χ0) is 19.7. The molecular formula is C20H15FN4O3. The molecule has 3 aromatic rings. The minimum Gasteiger partial charge on any atom is -0.292 e. The van der Waals surface area contributed by atoms with Crippen molar-refractivity contribution < 1.29 is 18.8 Å². The molecule has 0 radical (unpaired) electrons. The fourth-order valence-corrected chi connectivity index (χ4v) is 3.11. The van der Waals surface area contributed by atoms with Gasteiger partial charge in [0.25, 0.3) is 11.8 Å². The number of anilines is 1. The molecule has 2 aromatic carbocycles. The normalized spacial score (nSPS) is 13.0. The number of amides is 3. The SMILES string of the molecule is O=C1c2ccccc2C(=O)N1CCN(C(=O)n1ccnc1)c1ccc(F)cc1. The van der Waals surface area contributed by atoms with Crippen LogP contribution in [0.15, 0.2) is 67.3 Å². The maximum atomic E-state index is 13.3. The second-order valence-corrected chi connectivity index (χ2v) is 6.19. The van der Waals surface area contributed by atoms with Crippen LogP contribution in [0.1, 0.15) is 20.7 Å². The van der Waals surface area contributed by atoms with E-state index in [1.165, 1.54) is 52.5 Å². The highest BCUT2D eigenvalue weighted by Crippen LogP contribution is 2.23. The van der Waals surface area contributed by atoms with Crippen molar-refractivity contribution in [3.63, 3.8) is 0 Å². The molecule has 0 spiro atoms. The van der Waals surface area contributed by atoms with Gasteiger partial charge in [0, 0.05) is 31.2 Å². The van der Waals surface area contributed by atoms with E-state index in [-0.39, 0.29) is 13.1 Å². The summed E-state index contributed by atoms with van der Waals surface area (Å²) in [7, 11) is 0. The van der Waals surface area contributed by atoms with Crippen molar-refractivity contribution in [3.8, 4) is 0 Å². The Morgan fingerprint density at radius 1 is 1.00 bits per heavy atom. The first-order valence-electron chi connectivity index (χ1n) is 8.57. The standard InChI is InChI=1S/C20H15FN4O3/c21-14-5-7-15(8-6-14)24(20(28)23-10-9-22-13-23)11-12-25-18(26)16-3-1-2-4-17(16)19(25)27/h1-10,13H,11-12H2. The first-order valence-corrected chi connectivity index (χ1v) is 8.57. The van der Waals surface area contributed by atoms with Crippen molar-refractivity contribution in [3.05, 3.63) is 84.2 Å². The highest BCUT2D eigenvalue weighted by Gasteiger charge is 2.35. The summed E-state index contributed by atoms with van der Waals surface area (Å²) in [6, 6.07) is 11.6. The molecule has 0 fully saturated rings. The van der Waals surface area contributed by atoms with Crippen LogP contribution in [0.2, 0.25) is 0 Å². The predicted octanol–water partition coefficient (Wildman–Crippen LogP) is 2.79. The van der Waals surface area contributed by atoms with Crippen LogP contribution in [-0.2, 0) is 0 Å². The van der Waals surface area contributed by atoms with Gasteiger partial charge in [0.15, 0.2) is 0 Å². The maximum absolute atomic E-state index is 13.3. The number of aromatic nitrogens is 2. The number of fused-ring (bicyclic) bond motifs is 1. The van der Waals surface area contributed by atoms with Gasteiger partial charge in [-0.3, -0.25) is 24.0 Å². The molecule has 1 aliphatic heterocycles. The van der Waals surface area contributed by atoms with E-state index in [0.29, 0.717) is 16.8 Å². The molecule has 3 amide bonds. The first kappa shape index (κ1) is 17.6. The van der Waals surface area contributed by atoms with Crippen LogP contribution in [0.5, 0.6) is 0 Å². The molecule has 7 nitrogen and oxygen atoms in total. The van der Waals surface area contributed by atoms with Gasteiger partial charge in [-0.2, -0.15) is 0 Å². The second-order valence-electron chi connectivity index (χ2n) is 6.19. The molecule has 0 aliphatic carbocycles. The van der Waals surface area contributed by atoms with Gasteiger partial charge in [-0.05, 0) is 36.4 Å². The summed E-state index contributed by atoms with van der Waals surface area (Å²) in [4.78, 5) is 44.3. The number of imidazole rings is 1.